The smallest absolute Gasteiger partial charge is 0.404 e. The Morgan fingerprint density at radius 2 is 2.10 bits per heavy atom. The van der Waals surface area contributed by atoms with Crippen LogP contribution in [-0.2, 0) is 4.74 Å². The van der Waals surface area contributed by atoms with Gasteiger partial charge in [-0.2, -0.15) is 0 Å². The van der Waals surface area contributed by atoms with Crippen molar-refractivity contribution < 1.29 is 22.6 Å². The van der Waals surface area contributed by atoms with Gasteiger partial charge in [0.2, 0.25) is 0 Å². The lowest BCUT2D eigenvalue weighted by Gasteiger charge is -2.36. The molecule has 2 rings (SSSR count). The number of hydrogen-bond acceptors (Lipinski definition) is 3. The van der Waals surface area contributed by atoms with Gasteiger partial charge in [-0.3, -0.25) is 0 Å². The van der Waals surface area contributed by atoms with Gasteiger partial charge in [0.05, 0.1) is 11.3 Å². The second kappa shape index (κ2) is 6.04. The molecular weight excluding hydrogens is 351 g/mol. The Labute approximate surface area is 129 Å². The van der Waals surface area contributed by atoms with Crippen LogP contribution in [0, 0.1) is 0 Å². The fraction of sp³-hybridized carbons (Fsp3) is 0.571. The first-order chi connectivity index (χ1) is 9.65. The summed E-state index contributed by atoms with van der Waals surface area (Å²) < 4.78 is 47.6. The van der Waals surface area contributed by atoms with E-state index in [4.69, 9.17) is 4.74 Å². The van der Waals surface area contributed by atoms with Gasteiger partial charge >= 0.3 is 6.36 Å². The van der Waals surface area contributed by atoms with Crippen molar-refractivity contribution in [3.05, 3.63) is 22.7 Å². The van der Waals surface area contributed by atoms with Gasteiger partial charge in [-0.15, -0.1) is 13.2 Å². The molecule has 0 aliphatic carbocycles. The first-order valence-electron chi connectivity index (χ1n) is 6.60. The third-order valence-corrected chi connectivity index (χ3v) is 3.72. The van der Waals surface area contributed by atoms with Crippen LogP contribution in [0.3, 0.4) is 0 Å². The molecule has 1 aliphatic heterocycles. The minimum Gasteiger partial charge on any atom is -0.404 e. The molecule has 1 fully saturated rings. The third-order valence-electron chi connectivity index (χ3n) is 3.23. The zero-order chi connectivity index (χ0) is 15.7. The van der Waals surface area contributed by atoms with E-state index in [1.807, 2.05) is 13.8 Å². The zero-order valence-electron chi connectivity index (χ0n) is 11.8. The Balaban J connectivity index is 2.15. The molecule has 118 valence electrons. The van der Waals surface area contributed by atoms with Crippen LogP contribution in [0.15, 0.2) is 22.7 Å². The number of halogens is 4. The summed E-state index contributed by atoms with van der Waals surface area (Å²) in [4.78, 5) is 0. The lowest BCUT2D eigenvalue weighted by Crippen LogP contribution is -2.40. The van der Waals surface area contributed by atoms with Gasteiger partial charge in [-0.25, -0.2) is 0 Å². The first kappa shape index (κ1) is 16.4. The summed E-state index contributed by atoms with van der Waals surface area (Å²) in [5.74, 6) is -0.235. The number of anilines is 1. The molecule has 1 aromatic carbocycles. The molecule has 1 aromatic rings. The van der Waals surface area contributed by atoms with E-state index in [2.05, 4.69) is 26.0 Å². The predicted molar refractivity (Wildman–Crippen MR) is 77.5 cm³/mol. The molecule has 0 radical (unpaired) electrons. The van der Waals surface area contributed by atoms with E-state index < -0.39 is 6.36 Å². The van der Waals surface area contributed by atoms with Gasteiger partial charge in [0.15, 0.2) is 5.75 Å². The molecule has 1 saturated heterocycles. The molecule has 0 amide bonds. The molecule has 7 heteroatoms. The van der Waals surface area contributed by atoms with Crippen LogP contribution in [0.1, 0.15) is 26.7 Å². The molecule has 0 bridgehead atoms. The Morgan fingerprint density at radius 1 is 1.38 bits per heavy atom. The van der Waals surface area contributed by atoms with E-state index in [0.29, 0.717) is 23.2 Å². The lowest BCUT2D eigenvalue weighted by molar-refractivity contribution is -0.274. The minimum atomic E-state index is -4.72. The van der Waals surface area contributed by atoms with Crippen molar-refractivity contribution in [3.8, 4) is 5.75 Å². The fourth-order valence-corrected chi connectivity index (χ4v) is 2.74. The summed E-state index contributed by atoms with van der Waals surface area (Å²) in [6.07, 6.45) is -3.26. The van der Waals surface area contributed by atoms with Gasteiger partial charge < -0.3 is 14.8 Å². The van der Waals surface area contributed by atoms with E-state index in [0.717, 1.165) is 6.42 Å². The van der Waals surface area contributed by atoms with Crippen molar-refractivity contribution in [1.82, 2.24) is 0 Å². The second-order valence-electron chi connectivity index (χ2n) is 5.63. The fourth-order valence-electron chi connectivity index (χ4n) is 2.40. The van der Waals surface area contributed by atoms with Crippen LogP contribution in [0.5, 0.6) is 5.75 Å². The number of benzene rings is 1. The number of ether oxygens (including phenoxy) is 2. The van der Waals surface area contributed by atoms with Crippen molar-refractivity contribution in [2.24, 2.45) is 0 Å². The van der Waals surface area contributed by atoms with Crippen LogP contribution >= 0.6 is 15.9 Å². The molecule has 0 aromatic heterocycles. The molecule has 1 aliphatic rings. The highest BCUT2D eigenvalue weighted by Gasteiger charge is 2.33. The summed E-state index contributed by atoms with van der Waals surface area (Å²) in [5.41, 5.74) is 0.0503. The number of alkyl halides is 3. The molecule has 0 spiro atoms. The second-order valence-corrected chi connectivity index (χ2v) is 6.55. The van der Waals surface area contributed by atoms with Gasteiger partial charge in [0.1, 0.15) is 0 Å². The molecule has 0 saturated carbocycles. The van der Waals surface area contributed by atoms with Crippen LogP contribution < -0.4 is 10.1 Å². The highest BCUT2D eigenvalue weighted by molar-refractivity contribution is 9.10. The maximum Gasteiger partial charge on any atom is 0.573 e. The van der Waals surface area contributed by atoms with E-state index in [-0.39, 0.29) is 17.4 Å². The molecular formula is C14H17BrF3NO2. The van der Waals surface area contributed by atoms with Gasteiger partial charge in [0, 0.05) is 17.1 Å². The number of hydrogen-bond donors (Lipinski definition) is 1. The predicted octanol–water partition coefficient (Wildman–Crippen LogP) is 4.72. The maximum absolute atomic E-state index is 12.5. The molecule has 1 N–H and O–H groups in total. The van der Waals surface area contributed by atoms with Crippen molar-refractivity contribution >= 4 is 21.6 Å². The van der Waals surface area contributed by atoms with E-state index in [1.165, 1.54) is 6.07 Å². The highest BCUT2D eigenvalue weighted by Crippen LogP contribution is 2.35. The summed E-state index contributed by atoms with van der Waals surface area (Å²) in [7, 11) is 0. The van der Waals surface area contributed by atoms with Crippen LogP contribution in [0.2, 0.25) is 0 Å². The van der Waals surface area contributed by atoms with Gasteiger partial charge in [-0.1, -0.05) is 15.9 Å². The number of nitrogens with one attached hydrogen (secondary N) is 1. The minimum absolute atomic E-state index is 0.0468. The number of rotatable bonds is 3. The van der Waals surface area contributed by atoms with Crippen LogP contribution in [0.25, 0.3) is 0 Å². The van der Waals surface area contributed by atoms with E-state index in [1.54, 1.807) is 12.1 Å². The van der Waals surface area contributed by atoms with E-state index in [9.17, 15) is 13.2 Å². The topological polar surface area (TPSA) is 30.5 Å². The molecule has 21 heavy (non-hydrogen) atoms. The molecule has 1 heterocycles. The Hall–Kier alpha value is -0.950. The molecule has 3 nitrogen and oxygen atoms in total. The largest absolute Gasteiger partial charge is 0.573 e. The summed E-state index contributed by atoms with van der Waals surface area (Å²) in [6.45, 7) is 4.52. The lowest BCUT2D eigenvalue weighted by atomic mass is 9.94. The highest BCUT2D eigenvalue weighted by atomic mass is 79.9. The first-order valence-corrected chi connectivity index (χ1v) is 7.40. The summed E-state index contributed by atoms with van der Waals surface area (Å²) >= 11 is 3.15. The normalized spacial score (nSPS) is 21.9. The SMILES string of the molecule is CC1(C)CC(Nc2ccc(Br)cc2OC(F)(F)F)CCO1. The standard InChI is InChI=1S/C14H17BrF3NO2/c1-13(2)8-10(5-6-20-13)19-11-4-3-9(15)7-12(11)21-14(16,17)18/h3-4,7,10,19H,5-6,8H2,1-2H3. The average molecular weight is 368 g/mol. The Morgan fingerprint density at radius 3 is 2.71 bits per heavy atom. The molecule has 1 unspecified atom stereocenters. The van der Waals surface area contributed by atoms with Gasteiger partial charge in [-0.05, 0) is 44.9 Å². The van der Waals surface area contributed by atoms with Crippen molar-refractivity contribution in [2.75, 3.05) is 11.9 Å². The summed E-state index contributed by atoms with van der Waals surface area (Å²) in [6, 6.07) is 4.61. The summed E-state index contributed by atoms with van der Waals surface area (Å²) in [5, 5.41) is 3.13. The zero-order valence-corrected chi connectivity index (χ0v) is 13.3. The van der Waals surface area contributed by atoms with Crippen molar-refractivity contribution in [2.45, 2.75) is 44.7 Å². The Bertz CT molecular complexity index is 505. The maximum atomic E-state index is 12.5. The quantitative estimate of drug-likeness (QED) is 0.838. The average Bonchev–Trinajstić information content (AvgIpc) is 2.29. The van der Waals surface area contributed by atoms with Crippen molar-refractivity contribution in [1.29, 1.82) is 0 Å². The third kappa shape index (κ3) is 5.07. The van der Waals surface area contributed by atoms with Crippen molar-refractivity contribution in [3.63, 3.8) is 0 Å². The molecule has 1 atom stereocenters. The Kier molecular flexibility index (Phi) is 4.72. The monoisotopic (exact) mass is 367 g/mol. The van der Waals surface area contributed by atoms with Crippen LogP contribution in [0.4, 0.5) is 18.9 Å². The van der Waals surface area contributed by atoms with Gasteiger partial charge in [0.25, 0.3) is 0 Å². The van der Waals surface area contributed by atoms with Crippen LogP contribution in [-0.4, -0.2) is 24.6 Å². The van der Waals surface area contributed by atoms with E-state index >= 15 is 0 Å².